The number of ketones is 1. The number of hydrogen-bond acceptors (Lipinski definition) is 7. The van der Waals surface area contributed by atoms with Crippen LogP contribution in [0.25, 0.3) is 5.76 Å². The summed E-state index contributed by atoms with van der Waals surface area (Å²) in [5.41, 5.74) is 2.04. The molecule has 0 aliphatic carbocycles. The second-order valence-electron chi connectivity index (χ2n) is 8.41. The summed E-state index contributed by atoms with van der Waals surface area (Å²) in [6, 6.07) is 9.68. The molecule has 2 unspecified atom stereocenters. The third kappa shape index (κ3) is 4.21. The average Bonchev–Trinajstić information content (AvgIpc) is 3.45. The first kappa shape index (κ1) is 23.6. The van der Waals surface area contributed by atoms with Crippen molar-refractivity contribution < 1.29 is 33.6 Å². The maximum atomic E-state index is 13.2. The Morgan fingerprint density at radius 2 is 1.71 bits per heavy atom. The van der Waals surface area contributed by atoms with Crippen molar-refractivity contribution in [1.29, 1.82) is 0 Å². The van der Waals surface area contributed by atoms with Crippen LogP contribution in [0, 0.1) is 6.92 Å². The Morgan fingerprint density at radius 1 is 1.06 bits per heavy atom. The van der Waals surface area contributed by atoms with E-state index in [9.17, 15) is 14.7 Å². The molecule has 2 atom stereocenters. The van der Waals surface area contributed by atoms with E-state index in [2.05, 4.69) is 0 Å². The highest BCUT2D eigenvalue weighted by Gasteiger charge is 2.47. The maximum absolute atomic E-state index is 13.2. The molecule has 0 bridgehead atoms. The number of ether oxygens (including phenoxy) is 4. The Balaban J connectivity index is 1.90. The van der Waals surface area contributed by atoms with Crippen LogP contribution in [0.5, 0.6) is 17.2 Å². The van der Waals surface area contributed by atoms with Gasteiger partial charge in [0, 0.05) is 18.7 Å². The minimum absolute atomic E-state index is 0.0149. The Morgan fingerprint density at radius 3 is 2.24 bits per heavy atom. The van der Waals surface area contributed by atoms with Gasteiger partial charge >= 0.3 is 0 Å². The van der Waals surface area contributed by atoms with Gasteiger partial charge in [-0.2, -0.15) is 0 Å². The predicted molar refractivity (Wildman–Crippen MR) is 125 cm³/mol. The average molecular weight is 468 g/mol. The molecule has 8 heteroatoms. The summed E-state index contributed by atoms with van der Waals surface area (Å²) < 4.78 is 22.2. The zero-order valence-electron chi connectivity index (χ0n) is 19.8. The van der Waals surface area contributed by atoms with Gasteiger partial charge in [-0.15, -0.1) is 0 Å². The second-order valence-corrected chi connectivity index (χ2v) is 8.41. The van der Waals surface area contributed by atoms with E-state index < -0.39 is 17.7 Å². The quantitative estimate of drug-likeness (QED) is 0.378. The van der Waals surface area contributed by atoms with E-state index in [-0.39, 0.29) is 24.0 Å². The van der Waals surface area contributed by atoms with Gasteiger partial charge < -0.3 is 29.0 Å². The van der Waals surface area contributed by atoms with Gasteiger partial charge in [0.05, 0.1) is 39.0 Å². The molecule has 8 nitrogen and oxygen atoms in total. The van der Waals surface area contributed by atoms with Gasteiger partial charge in [0.25, 0.3) is 11.7 Å². The summed E-state index contributed by atoms with van der Waals surface area (Å²) in [4.78, 5) is 27.9. The van der Waals surface area contributed by atoms with Crippen LogP contribution < -0.4 is 14.2 Å². The van der Waals surface area contributed by atoms with E-state index in [1.54, 1.807) is 24.3 Å². The zero-order chi connectivity index (χ0) is 24.4. The van der Waals surface area contributed by atoms with Crippen LogP contribution in [-0.4, -0.2) is 62.3 Å². The molecule has 1 N–H and O–H groups in total. The molecular formula is C26H29NO7. The zero-order valence-corrected chi connectivity index (χ0v) is 19.8. The van der Waals surface area contributed by atoms with E-state index in [4.69, 9.17) is 18.9 Å². The lowest BCUT2D eigenvalue weighted by atomic mass is 9.94. The highest BCUT2D eigenvalue weighted by atomic mass is 16.5. The van der Waals surface area contributed by atoms with Crippen molar-refractivity contribution in [2.24, 2.45) is 0 Å². The van der Waals surface area contributed by atoms with Crippen LogP contribution in [0.15, 0.2) is 42.0 Å². The number of carbonyl (C=O) groups excluding carboxylic acids is 2. The van der Waals surface area contributed by atoms with Gasteiger partial charge in [-0.3, -0.25) is 9.59 Å². The van der Waals surface area contributed by atoms with E-state index in [1.807, 2.05) is 19.1 Å². The summed E-state index contributed by atoms with van der Waals surface area (Å²) in [5.74, 6) is -0.488. The van der Waals surface area contributed by atoms with E-state index in [1.165, 1.54) is 26.2 Å². The van der Waals surface area contributed by atoms with Gasteiger partial charge in [-0.1, -0.05) is 29.8 Å². The fourth-order valence-corrected chi connectivity index (χ4v) is 4.55. The van der Waals surface area contributed by atoms with Crippen molar-refractivity contribution in [2.75, 3.05) is 34.5 Å². The number of aliphatic hydroxyl groups excluding tert-OH is 1. The second kappa shape index (κ2) is 9.77. The summed E-state index contributed by atoms with van der Waals surface area (Å²) in [5, 5.41) is 11.2. The normalized spacial score (nSPS) is 21.7. The Labute approximate surface area is 198 Å². The molecule has 2 aromatic rings. The third-order valence-electron chi connectivity index (χ3n) is 6.29. The Hall–Kier alpha value is -3.52. The standard InChI is InChI=1S/C26H29NO7/c1-15-7-9-16(10-8-15)23(28)21-22(17-12-19(31-2)25(33-4)20(13-17)32-3)27(26(30)24(21)29)14-18-6-5-11-34-18/h7-10,12-13,18,22,28H,5-6,11,14H2,1-4H3/b23-21+. The lowest BCUT2D eigenvalue weighted by Gasteiger charge is -2.28. The number of likely N-dealkylation sites (tertiary alicyclic amines) is 1. The number of hydrogen-bond donors (Lipinski definition) is 1. The van der Waals surface area contributed by atoms with Gasteiger partial charge in [0.1, 0.15) is 5.76 Å². The van der Waals surface area contributed by atoms with Gasteiger partial charge in [-0.25, -0.2) is 0 Å². The van der Waals surface area contributed by atoms with Gasteiger partial charge in [0.15, 0.2) is 11.5 Å². The molecule has 0 spiro atoms. The predicted octanol–water partition coefficient (Wildman–Crippen LogP) is 3.62. The maximum Gasteiger partial charge on any atom is 0.295 e. The van der Waals surface area contributed by atoms with Crippen molar-refractivity contribution in [3.8, 4) is 17.2 Å². The van der Waals surface area contributed by atoms with Crippen molar-refractivity contribution in [3.63, 3.8) is 0 Å². The van der Waals surface area contributed by atoms with Crippen molar-refractivity contribution >= 4 is 17.4 Å². The minimum Gasteiger partial charge on any atom is -0.507 e. The van der Waals surface area contributed by atoms with Crippen LogP contribution in [0.3, 0.4) is 0 Å². The van der Waals surface area contributed by atoms with E-state index >= 15 is 0 Å². The number of nitrogens with zero attached hydrogens (tertiary/aromatic N) is 1. The van der Waals surface area contributed by atoms with Crippen molar-refractivity contribution in [1.82, 2.24) is 4.90 Å². The molecule has 2 aliphatic rings. The molecule has 2 heterocycles. The molecule has 0 saturated carbocycles. The highest BCUT2D eigenvalue weighted by molar-refractivity contribution is 6.46. The van der Waals surface area contributed by atoms with E-state index in [0.29, 0.717) is 35.0 Å². The molecule has 1 amide bonds. The van der Waals surface area contributed by atoms with E-state index in [0.717, 1.165) is 18.4 Å². The monoisotopic (exact) mass is 467 g/mol. The fourth-order valence-electron chi connectivity index (χ4n) is 4.55. The molecule has 34 heavy (non-hydrogen) atoms. The summed E-state index contributed by atoms with van der Waals surface area (Å²) in [6.07, 6.45) is 1.51. The van der Waals surface area contributed by atoms with Gasteiger partial charge in [0.2, 0.25) is 5.75 Å². The highest BCUT2D eigenvalue weighted by Crippen LogP contribution is 2.46. The van der Waals surface area contributed by atoms with Crippen LogP contribution >= 0.6 is 0 Å². The van der Waals surface area contributed by atoms with Gasteiger partial charge in [-0.05, 0) is 37.5 Å². The van der Waals surface area contributed by atoms with Crippen LogP contribution in [0.2, 0.25) is 0 Å². The number of rotatable bonds is 7. The fraction of sp³-hybridized carbons (Fsp3) is 0.385. The number of methoxy groups -OCH3 is 3. The van der Waals surface area contributed by atoms with Crippen LogP contribution in [0.4, 0.5) is 0 Å². The molecule has 0 radical (unpaired) electrons. The topological polar surface area (TPSA) is 94.5 Å². The lowest BCUT2D eigenvalue weighted by Crippen LogP contribution is -2.36. The van der Waals surface area contributed by atoms with Crippen molar-refractivity contribution in [3.05, 3.63) is 58.7 Å². The molecule has 0 aromatic heterocycles. The first-order valence-corrected chi connectivity index (χ1v) is 11.2. The molecule has 4 rings (SSSR count). The summed E-state index contributed by atoms with van der Waals surface area (Å²) >= 11 is 0. The number of amides is 1. The Kier molecular flexibility index (Phi) is 6.79. The largest absolute Gasteiger partial charge is 0.507 e. The molecule has 180 valence electrons. The summed E-state index contributed by atoms with van der Waals surface area (Å²) in [7, 11) is 4.49. The van der Waals surface area contributed by atoms with Crippen LogP contribution in [-0.2, 0) is 14.3 Å². The number of carbonyl (C=O) groups is 2. The minimum atomic E-state index is -0.848. The first-order valence-electron chi connectivity index (χ1n) is 11.2. The number of benzene rings is 2. The molecule has 2 fully saturated rings. The number of aliphatic hydroxyl groups is 1. The third-order valence-corrected chi connectivity index (χ3v) is 6.29. The SMILES string of the molecule is COc1cc(C2/C(=C(\O)c3ccc(C)cc3)C(=O)C(=O)N2CC2CCCO2)cc(OC)c1OC. The lowest BCUT2D eigenvalue weighted by molar-refractivity contribution is -0.140. The smallest absolute Gasteiger partial charge is 0.295 e. The molecule has 2 aromatic carbocycles. The molecule has 2 saturated heterocycles. The molecule has 2 aliphatic heterocycles. The number of Topliss-reactive ketones (excluding diaryl/α,β-unsaturated/α-hetero) is 1. The van der Waals surface area contributed by atoms with Crippen molar-refractivity contribution in [2.45, 2.75) is 31.9 Å². The first-order chi connectivity index (χ1) is 16.4. The molecular weight excluding hydrogens is 438 g/mol. The number of aryl methyl sites for hydroxylation is 1. The Bertz CT molecular complexity index is 1090. The van der Waals surface area contributed by atoms with Crippen LogP contribution in [0.1, 0.15) is 35.6 Å². The summed E-state index contributed by atoms with van der Waals surface area (Å²) in [6.45, 7) is 2.78.